The predicted octanol–water partition coefficient (Wildman–Crippen LogP) is 2.73. The Hall–Kier alpha value is -3.35. The van der Waals surface area contributed by atoms with E-state index in [2.05, 4.69) is 15.2 Å². The smallest absolute Gasteiger partial charge is 0.310 e. The highest BCUT2D eigenvalue weighted by Gasteiger charge is 2.25. The molecule has 1 aliphatic heterocycles. The summed E-state index contributed by atoms with van der Waals surface area (Å²) in [5.74, 6) is 0.171. The number of carboxylic acids is 1. The summed E-state index contributed by atoms with van der Waals surface area (Å²) < 4.78 is 11.3. The third-order valence-electron chi connectivity index (χ3n) is 4.55. The molecule has 27 heavy (non-hydrogen) atoms. The average molecular weight is 365 g/mol. The molecule has 0 aliphatic carbocycles. The summed E-state index contributed by atoms with van der Waals surface area (Å²) in [5.41, 5.74) is 3.70. The van der Waals surface area contributed by atoms with Crippen LogP contribution in [-0.2, 0) is 17.6 Å². The zero-order chi connectivity index (χ0) is 18.6. The summed E-state index contributed by atoms with van der Waals surface area (Å²) >= 11 is 0. The van der Waals surface area contributed by atoms with Crippen molar-refractivity contribution in [2.75, 3.05) is 13.2 Å². The van der Waals surface area contributed by atoms with Crippen LogP contribution < -0.4 is 9.47 Å². The van der Waals surface area contributed by atoms with Crippen LogP contribution in [0.5, 0.6) is 11.5 Å². The Morgan fingerprint density at radius 1 is 1.30 bits per heavy atom. The number of benzene rings is 1. The number of fused-ring (bicyclic) bond motifs is 1. The lowest BCUT2D eigenvalue weighted by Gasteiger charge is -2.23. The van der Waals surface area contributed by atoms with Crippen molar-refractivity contribution in [2.24, 2.45) is 5.92 Å². The lowest BCUT2D eigenvalue weighted by atomic mass is 9.95. The number of hydrogen-bond donors (Lipinski definition) is 2. The molecule has 1 aliphatic rings. The Labute approximate surface area is 156 Å². The van der Waals surface area contributed by atoms with Gasteiger partial charge >= 0.3 is 5.97 Å². The number of pyridine rings is 1. The van der Waals surface area contributed by atoms with Gasteiger partial charge in [-0.15, -0.1) is 0 Å². The SMILES string of the molecule is O=C(O)C1COc2ccc(CCOc3ccc(-c4ccn[nH]4)nc3)cc2C1. The number of aliphatic carboxylic acids is 1. The third-order valence-corrected chi connectivity index (χ3v) is 4.55. The number of ether oxygens (including phenoxy) is 2. The first-order chi connectivity index (χ1) is 13.2. The molecule has 0 amide bonds. The van der Waals surface area contributed by atoms with Crippen molar-refractivity contribution in [3.8, 4) is 22.9 Å². The van der Waals surface area contributed by atoms with E-state index < -0.39 is 11.9 Å². The van der Waals surface area contributed by atoms with Gasteiger partial charge in [0.1, 0.15) is 18.1 Å². The largest absolute Gasteiger partial charge is 0.492 e. The van der Waals surface area contributed by atoms with Crippen molar-refractivity contribution in [3.63, 3.8) is 0 Å². The highest BCUT2D eigenvalue weighted by molar-refractivity contribution is 5.71. The van der Waals surface area contributed by atoms with E-state index >= 15 is 0 Å². The summed E-state index contributed by atoms with van der Waals surface area (Å²) in [5, 5.41) is 16.0. The molecule has 1 unspecified atom stereocenters. The van der Waals surface area contributed by atoms with Gasteiger partial charge in [-0.1, -0.05) is 12.1 Å². The van der Waals surface area contributed by atoms with Gasteiger partial charge in [0.2, 0.25) is 0 Å². The van der Waals surface area contributed by atoms with E-state index in [4.69, 9.17) is 14.6 Å². The van der Waals surface area contributed by atoms with Gasteiger partial charge < -0.3 is 14.6 Å². The van der Waals surface area contributed by atoms with E-state index in [9.17, 15) is 4.79 Å². The molecule has 0 saturated heterocycles. The van der Waals surface area contributed by atoms with Crippen molar-refractivity contribution >= 4 is 5.97 Å². The molecule has 2 aromatic heterocycles. The fourth-order valence-corrected chi connectivity index (χ4v) is 3.07. The van der Waals surface area contributed by atoms with Crippen LogP contribution in [0.15, 0.2) is 48.8 Å². The predicted molar refractivity (Wildman–Crippen MR) is 97.8 cm³/mol. The summed E-state index contributed by atoms with van der Waals surface area (Å²) in [6.45, 7) is 0.736. The summed E-state index contributed by atoms with van der Waals surface area (Å²) in [6.07, 6.45) is 4.59. The molecule has 7 nitrogen and oxygen atoms in total. The number of carboxylic acid groups (broad SMARTS) is 1. The van der Waals surface area contributed by atoms with Crippen molar-refractivity contribution < 1.29 is 19.4 Å². The molecule has 0 radical (unpaired) electrons. The maximum Gasteiger partial charge on any atom is 0.310 e. The zero-order valence-electron chi connectivity index (χ0n) is 14.6. The van der Waals surface area contributed by atoms with E-state index in [0.29, 0.717) is 25.2 Å². The topological polar surface area (TPSA) is 97.3 Å². The molecular weight excluding hydrogens is 346 g/mol. The summed E-state index contributed by atoms with van der Waals surface area (Å²) in [7, 11) is 0. The fourth-order valence-electron chi connectivity index (χ4n) is 3.07. The van der Waals surface area contributed by atoms with Gasteiger partial charge in [-0.3, -0.25) is 14.9 Å². The summed E-state index contributed by atoms with van der Waals surface area (Å²) in [4.78, 5) is 15.5. The molecule has 3 aromatic rings. The normalized spacial score (nSPS) is 15.6. The maximum absolute atomic E-state index is 11.2. The average Bonchev–Trinajstić information content (AvgIpc) is 3.23. The first-order valence-electron chi connectivity index (χ1n) is 8.75. The first-order valence-corrected chi connectivity index (χ1v) is 8.75. The quantitative estimate of drug-likeness (QED) is 0.697. The van der Waals surface area contributed by atoms with E-state index in [1.54, 1.807) is 12.4 Å². The molecule has 0 bridgehead atoms. The Balaban J connectivity index is 1.34. The Bertz CT molecular complexity index is 923. The molecule has 0 fully saturated rings. The molecule has 1 atom stereocenters. The Morgan fingerprint density at radius 2 is 2.22 bits per heavy atom. The van der Waals surface area contributed by atoms with Crippen molar-refractivity contribution in [2.45, 2.75) is 12.8 Å². The van der Waals surface area contributed by atoms with Crippen molar-refractivity contribution in [3.05, 3.63) is 59.9 Å². The molecular formula is C20H19N3O4. The van der Waals surface area contributed by atoms with Gasteiger partial charge in [-0.05, 0) is 41.8 Å². The molecule has 7 heteroatoms. The Morgan fingerprint density at radius 3 is 2.96 bits per heavy atom. The number of nitrogens with one attached hydrogen (secondary N) is 1. The second-order valence-corrected chi connectivity index (χ2v) is 6.44. The van der Waals surface area contributed by atoms with Crippen LogP contribution in [-0.4, -0.2) is 39.5 Å². The molecule has 2 N–H and O–H groups in total. The van der Waals surface area contributed by atoms with E-state index in [-0.39, 0.29) is 6.61 Å². The molecule has 0 spiro atoms. The molecule has 138 valence electrons. The maximum atomic E-state index is 11.2. The zero-order valence-corrected chi connectivity index (χ0v) is 14.6. The molecule has 0 saturated carbocycles. The minimum absolute atomic E-state index is 0.229. The number of rotatable bonds is 6. The molecule has 1 aromatic carbocycles. The van der Waals surface area contributed by atoms with Gasteiger partial charge in [0, 0.05) is 12.6 Å². The van der Waals surface area contributed by atoms with Crippen LogP contribution in [0.4, 0.5) is 0 Å². The lowest BCUT2D eigenvalue weighted by molar-refractivity contribution is -0.143. The number of hydrogen-bond acceptors (Lipinski definition) is 5. The van der Waals surface area contributed by atoms with Gasteiger partial charge in [-0.2, -0.15) is 5.10 Å². The highest BCUT2D eigenvalue weighted by atomic mass is 16.5. The van der Waals surface area contributed by atoms with E-state index in [1.807, 2.05) is 36.4 Å². The monoisotopic (exact) mass is 365 g/mol. The van der Waals surface area contributed by atoms with Crippen LogP contribution in [0.3, 0.4) is 0 Å². The number of aromatic nitrogens is 3. The highest BCUT2D eigenvalue weighted by Crippen LogP contribution is 2.28. The van der Waals surface area contributed by atoms with E-state index in [1.165, 1.54) is 0 Å². The van der Waals surface area contributed by atoms with Gasteiger partial charge in [-0.25, -0.2) is 0 Å². The van der Waals surface area contributed by atoms with E-state index in [0.717, 1.165) is 28.3 Å². The molecule has 3 heterocycles. The lowest BCUT2D eigenvalue weighted by Crippen LogP contribution is -2.27. The number of nitrogens with zero attached hydrogens (tertiary/aromatic N) is 2. The fraction of sp³-hybridized carbons (Fsp3) is 0.250. The van der Waals surface area contributed by atoms with Crippen LogP contribution in [0.25, 0.3) is 11.4 Å². The van der Waals surface area contributed by atoms with Gasteiger partial charge in [0.25, 0.3) is 0 Å². The molecule has 4 rings (SSSR count). The second-order valence-electron chi connectivity index (χ2n) is 6.44. The second kappa shape index (κ2) is 7.49. The van der Waals surface area contributed by atoms with Crippen LogP contribution in [0.1, 0.15) is 11.1 Å². The van der Waals surface area contributed by atoms with Crippen molar-refractivity contribution in [1.82, 2.24) is 15.2 Å². The standard InChI is InChI=1S/C20H19N3O4/c24-20(25)15-10-14-9-13(1-4-19(14)27-12-15)6-8-26-16-2-3-17(21-11-16)18-5-7-22-23-18/h1-5,7,9,11,15H,6,8,10,12H2,(H,22,23)(H,24,25). The van der Waals surface area contributed by atoms with Gasteiger partial charge in [0.05, 0.1) is 30.1 Å². The van der Waals surface area contributed by atoms with Crippen LogP contribution >= 0.6 is 0 Å². The van der Waals surface area contributed by atoms with Crippen molar-refractivity contribution in [1.29, 1.82) is 0 Å². The first kappa shape index (κ1) is 17.1. The van der Waals surface area contributed by atoms with Crippen LogP contribution in [0.2, 0.25) is 0 Å². The number of carbonyl (C=O) groups is 1. The third kappa shape index (κ3) is 3.92. The van der Waals surface area contributed by atoms with Gasteiger partial charge in [0.15, 0.2) is 0 Å². The minimum atomic E-state index is -0.819. The minimum Gasteiger partial charge on any atom is -0.492 e. The summed E-state index contributed by atoms with van der Waals surface area (Å²) in [6, 6.07) is 11.5. The Kier molecular flexibility index (Phi) is 4.74. The van der Waals surface area contributed by atoms with Crippen LogP contribution in [0, 0.1) is 5.92 Å². The number of H-pyrrole nitrogens is 1. The number of aromatic amines is 1.